The van der Waals surface area contributed by atoms with Gasteiger partial charge in [0.15, 0.2) is 0 Å². The summed E-state index contributed by atoms with van der Waals surface area (Å²) in [4.78, 5) is 14.8. The minimum Gasteiger partial charge on any atom is -0.456 e. The summed E-state index contributed by atoms with van der Waals surface area (Å²) < 4.78 is 5.46. The summed E-state index contributed by atoms with van der Waals surface area (Å²) in [7, 11) is 0. The quantitative estimate of drug-likeness (QED) is 0.432. The Hall–Kier alpha value is -2.43. The smallest absolute Gasteiger partial charge is 0.338 e. The van der Waals surface area contributed by atoms with Crippen LogP contribution >= 0.6 is 0 Å². The predicted molar refractivity (Wildman–Crippen MR) is 144 cm³/mol. The van der Waals surface area contributed by atoms with E-state index in [1.54, 1.807) is 5.57 Å². The molecule has 2 aromatic rings. The van der Waals surface area contributed by atoms with Crippen LogP contribution in [0.3, 0.4) is 0 Å². The second-order valence-corrected chi connectivity index (χ2v) is 11.3. The van der Waals surface area contributed by atoms with Crippen molar-refractivity contribution in [2.45, 2.75) is 71.6 Å². The highest BCUT2D eigenvalue weighted by atomic mass is 16.6. The van der Waals surface area contributed by atoms with Crippen LogP contribution in [0, 0.1) is 11.8 Å². The zero-order valence-electron chi connectivity index (χ0n) is 21.9. The molecule has 1 heterocycles. The molecule has 4 heteroatoms. The van der Waals surface area contributed by atoms with Crippen molar-refractivity contribution in [2.24, 2.45) is 11.8 Å². The Bertz CT molecular complexity index is 983. The second kappa shape index (κ2) is 11.5. The molecule has 0 radical (unpaired) electrons. The van der Waals surface area contributed by atoms with Gasteiger partial charge in [-0.1, -0.05) is 61.0 Å². The van der Waals surface area contributed by atoms with E-state index in [1.807, 2.05) is 32.9 Å². The number of ether oxygens (including phenoxy) is 1. The molecule has 0 bridgehead atoms. The van der Waals surface area contributed by atoms with Crippen molar-refractivity contribution in [1.29, 1.82) is 0 Å². The lowest BCUT2D eigenvalue weighted by Gasteiger charge is -2.32. The molecule has 0 aromatic heterocycles. The Balaban J connectivity index is 1.17. The van der Waals surface area contributed by atoms with Gasteiger partial charge in [-0.15, -0.1) is 0 Å². The van der Waals surface area contributed by atoms with Gasteiger partial charge in [-0.05, 0) is 101 Å². The van der Waals surface area contributed by atoms with E-state index in [1.165, 1.54) is 30.4 Å². The number of esters is 1. The third-order valence-corrected chi connectivity index (χ3v) is 7.20. The number of rotatable bonds is 9. The van der Waals surface area contributed by atoms with E-state index >= 15 is 0 Å². The van der Waals surface area contributed by atoms with Crippen LogP contribution in [0.15, 0.2) is 60.2 Å². The first kappa shape index (κ1) is 25.7. The molecule has 2 aliphatic rings. The fourth-order valence-electron chi connectivity index (χ4n) is 5.07. The predicted octanol–water partition coefficient (Wildman–Crippen LogP) is 6.33. The molecule has 4 nitrogen and oxygen atoms in total. The molecule has 1 saturated heterocycles. The molecule has 2 aromatic carbocycles. The SMILES string of the molecule is CC/C(=C\c1ccccc1)[C@@H]1CC1NCC1CCN(Cc2ccc(C(=O)OC(C)(C)C)cc2)CC1. The first-order chi connectivity index (χ1) is 16.8. The Morgan fingerprint density at radius 3 is 2.37 bits per heavy atom. The molecule has 1 saturated carbocycles. The lowest BCUT2D eigenvalue weighted by atomic mass is 9.96. The van der Waals surface area contributed by atoms with Crippen molar-refractivity contribution in [3.63, 3.8) is 0 Å². The van der Waals surface area contributed by atoms with Gasteiger partial charge in [0.1, 0.15) is 5.60 Å². The molecule has 188 valence electrons. The molecule has 1 unspecified atom stereocenters. The van der Waals surface area contributed by atoms with Gasteiger partial charge >= 0.3 is 5.97 Å². The van der Waals surface area contributed by atoms with Crippen molar-refractivity contribution >= 4 is 12.0 Å². The average Bonchev–Trinajstić information content (AvgIpc) is 3.61. The number of hydrogen-bond acceptors (Lipinski definition) is 4. The van der Waals surface area contributed by atoms with Gasteiger partial charge in [-0.25, -0.2) is 4.79 Å². The topological polar surface area (TPSA) is 41.6 Å². The number of piperidine rings is 1. The maximum Gasteiger partial charge on any atom is 0.338 e. The van der Waals surface area contributed by atoms with Gasteiger partial charge in [0, 0.05) is 12.6 Å². The normalized spacial score (nSPS) is 21.7. The molecule has 2 fully saturated rings. The fraction of sp³-hybridized carbons (Fsp3) is 0.516. The lowest BCUT2D eigenvalue weighted by Crippen LogP contribution is -2.37. The summed E-state index contributed by atoms with van der Waals surface area (Å²) in [5.74, 6) is 1.23. The number of hydrogen-bond donors (Lipinski definition) is 1. The van der Waals surface area contributed by atoms with Crippen molar-refractivity contribution < 1.29 is 9.53 Å². The molecule has 0 spiro atoms. The average molecular weight is 475 g/mol. The highest BCUT2D eigenvalue weighted by Gasteiger charge is 2.39. The molecule has 4 rings (SSSR count). The van der Waals surface area contributed by atoms with Crippen molar-refractivity contribution in [2.75, 3.05) is 19.6 Å². The number of nitrogens with zero attached hydrogens (tertiary/aromatic N) is 1. The fourth-order valence-corrected chi connectivity index (χ4v) is 5.07. The molecule has 1 aliphatic carbocycles. The van der Waals surface area contributed by atoms with Crippen LogP contribution in [0.25, 0.3) is 6.08 Å². The summed E-state index contributed by atoms with van der Waals surface area (Å²) >= 11 is 0. The van der Waals surface area contributed by atoms with Gasteiger partial charge in [0.2, 0.25) is 0 Å². The van der Waals surface area contributed by atoms with E-state index in [0.29, 0.717) is 17.5 Å². The van der Waals surface area contributed by atoms with Crippen LogP contribution in [-0.2, 0) is 11.3 Å². The summed E-state index contributed by atoms with van der Waals surface area (Å²) in [6, 6.07) is 19.3. The van der Waals surface area contributed by atoms with E-state index < -0.39 is 5.60 Å². The number of carbonyl (C=O) groups is 1. The summed E-state index contributed by atoms with van der Waals surface area (Å²) in [5, 5.41) is 3.87. The second-order valence-electron chi connectivity index (χ2n) is 11.3. The van der Waals surface area contributed by atoms with Gasteiger partial charge in [-0.3, -0.25) is 4.90 Å². The molecular weight excluding hydrogens is 432 g/mol. The maximum atomic E-state index is 12.2. The lowest BCUT2D eigenvalue weighted by molar-refractivity contribution is 0.00695. The monoisotopic (exact) mass is 474 g/mol. The standard InChI is InChI=1S/C31H42N2O2/c1-5-26(19-23-9-7-6-8-10-23)28-20-29(28)32-21-24-15-17-33(18-16-24)22-25-11-13-27(14-12-25)30(34)35-31(2,3)4/h6-14,19,24,28-29,32H,5,15-18,20-22H2,1-4H3/b26-19+/t28-,29?/m0/s1. The van der Waals surface area contributed by atoms with E-state index in [2.05, 4.69) is 65.7 Å². The molecule has 2 atom stereocenters. The number of nitrogens with one attached hydrogen (secondary N) is 1. The number of likely N-dealkylation sites (tertiary alicyclic amines) is 1. The Labute approximate surface area is 211 Å². The largest absolute Gasteiger partial charge is 0.456 e. The van der Waals surface area contributed by atoms with Gasteiger partial charge in [0.25, 0.3) is 0 Å². The molecule has 35 heavy (non-hydrogen) atoms. The van der Waals surface area contributed by atoms with Crippen LogP contribution in [0.2, 0.25) is 0 Å². The van der Waals surface area contributed by atoms with Crippen molar-refractivity contribution in [3.05, 3.63) is 76.9 Å². The van der Waals surface area contributed by atoms with Gasteiger partial charge < -0.3 is 10.1 Å². The Kier molecular flexibility index (Phi) is 8.46. The molecule has 0 amide bonds. The van der Waals surface area contributed by atoms with Crippen LogP contribution in [-0.4, -0.2) is 42.1 Å². The minimum absolute atomic E-state index is 0.253. The van der Waals surface area contributed by atoms with Crippen LogP contribution in [0.5, 0.6) is 0 Å². The first-order valence-corrected chi connectivity index (χ1v) is 13.3. The highest BCUT2D eigenvalue weighted by molar-refractivity contribution is 5.89. The minimum atomic E-state index is -0.466. The summed E-state index contributed by atoms with van der Waals surface area (Å²) in [6.45, 7) is 12.3. The molecular formula is C31H42N2O2. The third kappa shape index (κ3) is 7.78. The first-order valence-electron chi connectivity index (χ1n) is 13.3. The van der Waals surface area contributed by atoms with Crippen LogP contribution in [0.1, 0.15) is 74.9 Å². The molecule has 1 N–H and O–H groups in total. The zero-order chi connectivity index (χ0) is 24.8. The highest BCUT2D eigenvalue weighted by Crippen LogP contribution is 2.40. The third-order valence-electron chi connectivity index (χ3n) is 7.20. The van der Waals surface area contributed by atoms with E-state index in [0.717, 1.165) is 38.5 Å². The zero-order valence-corrected chi connectivity index (χ0v) is 21.9. The van der Waals surface area contributed by atoms with Gasteiger partial charge in [0.05, 0.1) is 5.56 Å². The maximum absolute atomic E-state index is 12.2. The summed E-state index contributed by atoms with van der Waals surface area (Å²) in [5.41, 5.74) is 4.32. The molecule has 1 aliphatic heterocycles. The number of carbonyl (C=O) groups excluding carboxylic acids is 1. The Morgan fingerprint density at radius 1 is 1.06 bits per heavy atom. The Morgan fingerprint density at radius 2 is 1.74 bits per heavy atom. The van der Waals surface area contributed by atoms with Crippen molar-refractivity contribution in [3.8, 4) is 0 Å². The summed E-state index contributed by atoms with van der Waals surface area (Å²) in [6.07, 6.45) is 7.31. The number of benzene rings is 2. The van der Waals surface area contributed by atoms with Crippen LogP contribution in [0.4, 0.5) is 0 Å². The van der Waals surface area contributed by atoms with Crippen LogP contribution < -0.4 is 5.32 Å². The van der Waals surface area contributed by atoms with E-state index in [4.69, 9.17) is 4.74 Å². The van der Waals surface area contributed by atoms with E-state index in [-0.39, 0.29) is 5.97 Å². The van der Waals surface area contributed by atoms with Gasteiger partial charge in [-0.2, -0.15) is 0 Å². The van der Waals surface area contributed by atoms with E-state index in [9.17, 15) is 4.79 Å². The van der Waals surface area contributed by atoms with Crippen molar-refractivity contribution in [1.82, 2.24) is 10.2 Å².